The van der Waals surface area contributed by atoms with E-state index in [1.807, 2.05) is 0 Å². The number of ether oxygens (including phenoxy) is 3. The van der Waals surface area contributed by atoms with Gasteiger partial charge in [-0.25, -0.2) is 9.59 Å². The zero-order valence-electron chi connectivity index (χ0n) is 27.7. The highest BCUT2D eigenvalue weighted by molar-refractivity contribution is 5.96. The number of hydroxylamine groups is 1. The number of rotatable bonds is 14. The molecule has 1 aromatic carbocycles. The van der Waals surface area contributed by atoms with Crippen molar-refractivity contribution in [1.82, 2.24) is 16.1 Å². The van der Waals surface area contributed by atoms with Gasteiger partial charge in [0, 0.05) is 0 Å². The SMILES string of the molecule is CC(C)(C)OC(=O)CC(NC(=O)C(CC(=O)OC(C)(C)C)NC(=O)C(CC(=O)OC(C)(C)C)NOC(=O)c1ccccc1)C(=O)O. The van der Waals surface area contributed by atoms with Gasteiger partial charge in [0.15, 0.2) is 0 Å². The average Bonchev–Trinajstić information content (AvgIpc) is 2.87. The Morgan fingerprint density at radius 2 is 0.978 bits per heavy atom. The van der Waals surface area contributed by atoms with Gasteiger partial charge in [0.2, 0.25) is 11.8 Å². The zero-order valence-corrected chi connectivity index (χ0v) is 27.7. The number of nitrogens with one attached hydrogen (secondary N) is 3. The highest BCUT2D eigenvalue weighted by Gasteiger charge is 2.35. The summed E-state index contributed by atoms with van der Waals surface area (Å²) < 4.78 is 15.7. The largest absolute Gasteiger partial charge is 0.480 e. The Balaban J connectivity index is 3.29. The molecule has 0 saturated carbocycles. The lowest BCUT2D eigenvalue weighted by atomic mass is 10.1. The van der Waals surface area contributed by atoms with Crippen LogP contribution in [-0.4, -0.2) is 81.7 Å². The Morgan fingerprint density at radius 3 is 1.39 bits per heavy atom. The zero-order chi connectivity index (χ0) is 35.5. The molecule has 0 fully saturated rings. The summed E-state index contributed by atoms with van der Waals surface area (Å²) in [6.07, 6.45) is -2.21. The van der Waals surface area contributed by atoms with Gasteiger partial charge in [-0.2, -0.15) is 0 Å². The second-order valence-corrected chi connectivity index (χ2v) is 13.3. The first kappa shape index (κ1) is 39.5. The quantitative estimate of drug-likeness (QED) is 0.129. The summed E-state index contributed by atoms with van der Waals surface area (Å²) in [7, 11) is 0. The predicted octanol–water partition coefficient (Wildman–Crippen LogP) is 1.97. The summed E-state index contributed by atoms with van der Waals surface area (Å²) >= 11 is 0. The van der Waals surface area contributed by atoms with Crippen LogP contribution in [-0.2, 0) is 47.8 Å². The molecule has 0 radical (unpaired) electrons. The van der Waals surface area contributed by atoms with Gasteiger partial charge in [-0.15, -0.1) is 5.48 Å². The molecule has 0 aliphatic carbocycles. The maximum Gasteiger partial charge on any atom is 0.356 e. The van der Waals surface area contributed by atoms with E-state index in [0.29, 0.717) is 0 Å². The second kappa shape index (κ2) is 16.7. The number of aliphatic carboxylic acids is 1. The van der Waals surface area contributed by atoms with Gasteiger partial charge in [0.05, 0.1) is 24.8 Å². The fraction of sp³-hybridized carbons (Fsp3) is 0.581. The Hall–Kier alpha value is -4.53. The van der Waals surface area contributed by atoms with E-state index >= 15 is 0 Å². The van der Waals surface area contributed by atoms with Gasteiger partial charge in [-0.1, -0.05) is 18.2 Å². The topological polar surface area (TPSA) is 213 Å². The van der Waals surface area contributed by atoms with Gasteiger partial charge in [0.1, 0.15) is 34.9 Å². The number of carboxylic acids is 1. The number of esters is 3. The van der Waals surface area contributed by atoms with Crippen molar-refractivity contribution in [3.05, 3.63) is 35.9 Å². The molecule has 15 nitrogen and oxygen atoms in total. The minimum Gasteiger partial charge on any atom is -0.480 e. The van der Waals surface area contributed by atoms with E-state index in [9.17, 15) is 38.7 Å². The van der Waals surface area contributed by atoms with Gasteiger partial charge < -0.3 is 34.8 Å². The molecule has 0 bridgehead atoms. The van der Waals surface area contributed by atoms with Gasteiger partial charge in [-0.05, 0) is 74.4 Å². The first-order valence-corrected chi connectivity index (χ1v) is 14.5. The first-order valence-electron chi connectivity index (χ1n) is 14.5. The third-order valence-corrected chi connectivity index (χ3v) is 5.24. The second-order valence-electron chi connectivity index (χ2n) is 13.3. The normalized spacial score (nSPS) is 13.7. The Bertz CT molecular complexity index is 1260. The Labute approximate surface area is 268 Å². The maximum absolute atomic E-state index is 13.4. The Kier molecular flexibility index (Phi) is 14.3. The Morgan fingerprint density at radius 1 is 0.609 bits per heavy atom. The highest BCUT2D eigenvalue weighted by atomic mass is 16.7. The van der Waals surface area contributed by atoms with Crippen molar-refractivity contribution in [2.45, 2.75) is 117 Å². The monoisotopic (exact) mass is 651 g/mol. The first-order chi connectivity index (χ1) is 21.0. The molecule has 256 valence electrons. The summed E-state index contributed by atoms with van der Waals surface area (Å²) in [6.45, 7) is 14.2. The smallest absolute Gasteiger partial charge is 0.356 e. The molecule has 4 N–H and O–H groups in total. The third kappa shape index (κ3) is 16.5. The molecule has 0 heterocycles. The third-order valence-electron chi connectivity index (χ3n) is 5.24. The molecule has 0 aromatic heterocycles. The average molecular weight is 652 g/mol. The van der Waals surface area contributed by atoms with Crippen molar-refractivity contribution in [2.75, 3.05) is 0 Å². The molecule has 3 atom stereocenters. The lowest BCUT2D eigenvalue weighted by Crippen LogP contribution is -2.56. The van der Waals surface area contributed by atoms with Crippen LogP contribution in [0.15, 0.2) is 30.3 Å². The highest BCUT2D eigenvalue weighted by Crippen LogP contribution is 2.13. The van der Waals surface area contributed by atoms with E-state index in [-0.39, 0.29) is 5.56 Å². The van der Waals surface area contributed by atoms with E-state index in [4.69, 9.17) is 19.0 Å². The summed E-state index contributed by atoms with van der Waals surface area (Å²) in [5.41, 5.74) is -0.508. The molecule has 0 aliphatic heterocycles. The van der Waals surface area contributed by atoms with E-state index in [1.165, 1.54) is 12.1 Å². The number of amides is 2. The summed E-state index contributed by atoms with van der Waals surface area (Å²) in [4.78, 5) is 93.7. The molecule has 1 rings (SSSR count). The van der Waals surface area contributed by atoms with Crippen molar-refractivity contribution in [1.29, 1.82) is 0 Å². The van der Waals surface area contributed by atoms with Gasteiger partial charge >= 0.3 is 29.8 Å². The van der Waals surface area contributed by atoms with E-state index in [2.05, 4.69) is 16.1 Å². The number of carboxylic acid groups (broad SMARTS) is 1. The maximum atomic E-state index is 13.4. The fourth-order valence-electron chi connectivity index (χ4n) is 3.55. The van der Waals surface area contributed by atoms with E-state index in [0.717, 1.165) is 0 Å². The molecule has 0 aliphatic rings. The number of carbonyl (C=O) groups excluding carboxylic acids is 6. The van der Waals surface area contributed by atoms with Crippen LogP contribution in [0.4, 0.5) is 0 Å². The van der Waals surface area contributed by atoms with Crippen molar-refractivity contribution in [3.8, 4) is 0 Å². The molecule has 2 amide bonds. The summed E-state index contributed by atoms with van der Waals surface area (Å²) in [5, 5.41) is 14.1. The number of hydrogen-bond acceptors (Lipinski definition) is 12. The van der Waals surface area contributed by atoms with Crippen LogP contribution in [0, 0.1) is 0 Å². The molecule has 0 saturated heterocycles. The molecule has 0 spiro atoms. The number of benzene rings is 1. The van der Waals surface area contributed by atoms with Crippen LogP contribution in [0.25, 0.3) is 0 Å². The summed E-state index contributed by atoms with van der Waals surface area (Å²) in [5.74, 6) is -7.45. The lowest BCUT2D eigenvalue weighted by Gasteiger charge is -2.26. The van der Waals surface area contributed by atoms with E-state index < -0.39 is 95.9 Å². The van der Waals surface area contributed by atoms with Crippen molar-refractivity contribution in [3.63, 3.8) is 0 Å². The lowest BCUT2D eigenvalue weighted by molar-refractivity contribution is -0.160. The molecular weight excluding hydrogens is 606 g/mol. The van der Waals surface area contributed by atoms with Gasteiger partial charge in [0.25, 0.3) is 0 Å². The van der Waals surface area contributed by atoms with Crippen LogP contribution >= 0.6 is 0 Å². The fourth-order valence-corrected chi connectivity index (χ4v) is 3.55. The van der Waals surface area contributed by atoms with E-state index in [1.54, 1.807) is 80.5 Å². The molecule has 1 aromatic rings. The van der Waals surface area contributed by atoms with Gasteiger partial charge in [-0.3, -0.25) is 24.0 Å². The van der Waals surface area contributed by atoms with Crippen molar-refractivity contribution >= 4 is 41.7 Å². The summed E-state index contributed by atoms with van der Waals surface area (Å²) in [6, 6.07) is 2.55. The number of carbonyl (C=O) groups is 7. The molecule has 3 unspecified atom stereocenters. The molecular formula is C31H45N3O12. The van der Waals surface area contributed by atoms with Crippen molar-refractivity contribution < 1.29 is 57.7 Å². The molecule has 15 heteroatoms. The van der Waals surface area contributed by atoms with Crippen LogP contribution in [0.2, 0.25) is 0 Å². The standard InChI is InChI=1S/C31H45N3O12/c1-29(2,3)43-22(35)15-19(25(38)33-21(27(40)41)17-24(37)45-31(7,8)9)32-26(39)20(16-23(36)44-30(4,5)6)34-46-28(42)18-13-11-10-12-14-18/h10-14,19-21,34H,15-17H2,1-9H3,(H,32,39)(H,33,38)(H,40,41). The minimum absolute atomic E-state index is 0.123. The van der Waals surface area contributed by atoms with Crippen LogP contribution in [0.5, 0.6) is 0 Å². The molecule has 46 heavy (non-hydrogen) atoms. The van der Waals surface area contributed by atoms with Crippen LogP contribution in [0.3, 0.4) is 0 Å². The van der Waals surface area contributed by atoms with Crippen molar-refractivity contribution in [2.24, 2.45) is 0 Å². The predicted molar refractivity (Wildman–Crippen MR) is 162 cm³/mol. The van der Waals surface area contributed by atoms with Crippen LogP contribution < -0.4 is 16.1 Å². The van der Waals surface area contributed by atoms with Crippen LogP contribution in [0.1, 0.15) is 91.9 Å². The number of hydrogen-bond donors (Lipinski definition) is 4. The minimum atomic E-state index is -1.79.